The summed E-state index contributed by atoms with van der Waals surface area (Å²) >= 11 is 0. The van der Waals surface area contributed by atoms with Gasteiger partial charge in [-0.25, -0.2) is 24.6 Å². The number of hydrogen-bond donors (Lipinski definition) is 0. The number of hydrogen-bond acceptors (Lipinski definition) is 7. The molecule has 5 rings (SSSR count). The number of likely N-dealkylation sites (N-methyl/N-ethyl adjacent to an activating group) is 1. The van der Waals surface area contributed by atoms with Crippen LogP contribution in [0.15, 0.2) is 55.1 Å². The zero-order valence-electron chi connectivity index (χ0n) is 22.4. The quantitative estimate of drug-likeness (QED) is 0.351. The van der Waals surface area contributed by atoms with Crippen LogP contribution in [0.25, 0.3) is 0 Å². The van der Waals surface area contributed by atoms with Crippen LogP contribution in [0, 0.1) is 13.8 Å². The molecule has 196 valence electrons. The Morgan fingerprint density at radius 3 is 2.50 bits per heavy atom. The fourth-order valence-corrected chi connectivity index (χ4v) is 4.62. The maximum atomic E-state index is 14.1. The molecule has 0 N–H and O–H groups in total. The van der Waals surface area contributed by atoms with E-state index in [-0.39, 0.29) is 6.03 Å². The first kappa shape index (κ1) is 25.3. The molecule has 38 heavy (non-hydrogen) atoms. The zero-order chi connectivity index (χ0) is 26.8. The highest BCUT2D eigenvalue weighted by Crippen LogP contribution is 2.37. The maximum absolute atomic E-state index is 14.1. The molecule has 0 atom stereocenters. The first-order valence-corrected chi connectivity index (χ1v) is 12.5. The number of anilines is 3. The summed E-state index contributed by atoms with van der Waals surface area (Å²) in [6, 6.07) is 9.37. The number of nitrogens with zero attached hydrogens (tertiary/aromatic N) is 8. The van der Waals surface area contributed by atoms with Gasteiger partial charge in [0.05, 0.1) is 38.3 Å². The van der Waals surface area contributed by atoms with Crippen molar-refractivity contribution in [3.63, 3.8) is 0 Å². The molecule has 0 fully saturated rings. The van der Waals surface area contributed by atoms with E-state index < -0.39 is 0 Å². The molecule has 10 nitrogen and oxygen atoms in total. The Kier molecular flexibility index (Phi) is 7.06. The van der Waals surface area contributed by atoms with Gasteiger partial charge in [-0.05, 0) is 56.8 Å². The van der Waals surface area contributed by atoms with E-state index in [1.54, 1.807) is 35.2 Å². The highest BCUT2D eigenvalue weighted by Gasteiger charge is 2.36. The molecule has 0 aliphatic carbocycles. The van der Waals surface area contributed by atoms with Gasteiger partial charge in [-0.15, -0.1) is 0 Å². The Labute approximate surface area is 222 Å². The van der Waals surface area contributed by atoms with E-state index >= 15 is 0 Å². The summed E-state index contributed by atoms with van der Waals surface area (Å²) in [6.45, 7) is 6.10. The third kappa shape index (κ3) is 5.08. The number of urea groups is 1. The molecule has 1 aromatic carbocycles. The van der Waals surface area contributed by atoms with E-state index in [0.29, 0.717) is 36.2 Å². The van der Waals surface area contributed by atoms with Crippen molar-refractivity contribution in [1.82, 2.24) is 29.6 Å². The average Bonchev–Trinajstić information content (AvgIpc) is 3.35. The van der Waals surface area contributed by atoms with Crippen LogP contribution < -0.4 is 14.5 Å². The molecule has 0 saturated carbocycles. The molecule has 0 spiro atoms. The molecule has 0 bridgehead atoms. The van der Waals surface area contributed by atoms with Gasteiger partial charge in [0.1, 0.15) is 17.4 Å². The Morgan fingerprint density at radius 1 is 1.03 bits per heavy atom. The van der Waals surface area contributed by atoms with E-state index in [1.807, 2.05) is 69.4 Å². The van der Waals surface area contributed by atoms with E-state index in [0.717, 1.165) is 41.0 Å². The molecule has 10 heteroatoms. The van der Waals surface area contributed by atoms with Crippen LogP contribution in [0.1, 0.15) is 28.1 Å². The van der Waals surface area contributed by atoms with Crippen molar-refractivity contribution in [3.8, 4) is 5.75 Å². The van der Waals surface area contributed by atoms with E-state index in [9.17, 15) is 4.79 Å². The second-order valence-corrected chi connectivity index (χ2v) is 9.73. The van der Waals surface area contributed by atoms with Gasteiger partial charge < -0.3 is 9.64 Å². The highest BCUT2D eigenvalue weighted by molar-refractivity contribution is 6.10. The van der Waals surface area contributed by atoms with Gasteiger partial charge in [-0.3, -0.25) is 9.58 Å². The maximum Gasteiger partial charge on any atom is 0.336 e. The van der Waals surface area contributed by atoms with Crippen LogP contribution in [0.3, 0.4) is 0 Å². The number of amides is 2. The number of methoxy groups -OCH3 is 1. The number of ether oxygens (including phenoxy) is 1. The molecular weight excluding hydrogens is 480 g/mol. The molecule has 2 amide bonds. The fourth-order valence-electron chi connectivity index (χ4n) is 4.62. The number of benzene rings is 1. The normalized spacial score (nSPS) is 13.3. The topological polar surface area (TPSA) is 92.5 Å². The summed E-state index contributed by atoms with van der Waals surface area (Å²) in [6.07, 6.45) is 7.79. The molecule has 0 radical (unpaired) electrons. The minimum atomic E-state index is -0.214. The van der Waals surface area contributed by atoms with Gasteiger partial charge in [0.2, 0.25) is 0 Å². The number of para-hydroxylation sites is 1. The molecule has 4 aromatic rings. The number of aromatic nitrogens is 5. The number of fused-ring (bicyclic) bond motifs is 1. The summed E-state index contributed by atoms with van der Waals surface area (Å²) in [5.41, 5.74) is 4.78. The second kappa shape index (κ2) is 10.6. The van der Waals surface area contributed by atoms with E-state index in [1.165, 1.54) is 0 Å². The van der Waals surface area contributed by atoms with Crippen molar-refractivity contribution in [2.24, 2.45) is 0 Å². The number of pyridine rings is 1. The number of carbonyl (C=O) groups excluding carboxylic acids is 1. The van der Waals surface area contributed by atoms with Gasteiger partial charge in [0.15, 0.2) is 5.82 Å². The third-order valence-corrected chi connectivity index (χ3v) is 6.57. The van der Waals surface area contributed by atoms with E-state index in [4.69, 9.17) is 9.72 Å². The summed E-state index contributed by atoms with van der Waals surface area (Å²) in [5.74, 6) is 2.23. The standard InChI is InChI=1S/C28H32N8O2/c1-19-7-6-8-20(2)26(19)35-18-22-15-29-24(13-21-14-31-34(17-21)12-11-33(3)4)32-27(22)36(28(35)37)25-10-9-23(38-5)16-30-25/h6-10,14-17H,11-13,18H2,1-5H3. The Bertz CT molecular complexity index is 1430. The van der Waals surface area contributed by atoms with Crippen LogP contribution >= 0.6 is 0 Å². The Hall–Kier alpha value is -4.31. The van der Waals surface area contributed by atoms with Crippen molar-refractivity contribution in [2.75, 3.05) is 37.5 Å². The van der Waals surface area contributed by atoms with Crippen LogP contribution in [-0.2, 0) is 19.5 Å². The fraction of sp³-hybridized carbons (Fsp3) is 0.321. The summed E-state index contributed by atoms with van der Waals surface area (Å²) in [7, 11) is 5.66. The van der Waals surface area contributed by atoms with Gasteiger partial charge >= 0.3 is 6.03 Å². The van der Waals surface area contributed by atoms with Crippen molar-refractivity contribution in [2.45, 2.75) is 33.4 Å². The van der Waals surface area contributed by atoms with Gasteiger partial charge in [0, 0.05) is 30.9 Å². The van der Waals surface area contributed by atoms with Crippen molar-refractivity contribution < 1.29 is 9.53 Å². The lowest BCUT2D eigenvalue weighted by Crippen LogP contribution is -2.46. The predicted molar refractivity (Wildman–Crippen MR) is 146 cm³/mol. The van der Waals surface area contributed by atoms with Crippen LogP contribution in [0.2, 0.25) is 0 Å². The van der Waals surface area contributed by atoms with Crippen LogP contribution in [-0.4, -0.2) is 63.4 Å². The average molecular weight is 513 g/mol. The Morgan fingerprint density at radius 2 is 1.82 bits per heavy atom. The molecule has 1 aliphatic rings. The number of rotatable bonds is 8. The molecule has 0 unspecified atom stereocenters. The van der Waals surface area contributed by atoms with Crippen molar-refractivity contribution >= 4 is 23.4 Å². The zero-order valence-corrected chi connectivity index (χ0v) is 22.4. The summed E-state index contributed by atoms with van der Waals surface area (Å²) in [5, 5.41) is 4.46. The minimum absolute atomic E-state index is 0.214. The lowest BCUT2D eigenvalue weighted by Gasteiger charge is -2.36. The lowest BCUT2D eigenvalue weighted by atomic mass is 10.1. The largest absolute Gasteiger partial charge is 0.495 e. The molecule has 4 heterocycles. The number of carbonyl (C=O) groups is 1. The van der Waals surface area contributed by atoms with E-state index in [2.05, 4.69) is 20.0 Å². The monoisotopic (exact) mass is 512 g/mol. The van der Waals surface area contributed by atoms with Gasteiger partial charge in [0.25, 0.3) is 0 Å². The third-order valence-electron chi connectivity index (χ3n) is 6.57. The highest BCUT2D eigenvalue weighted by atomic mass is 16.5. The molecular formula is C28H32N8O2. The van der Waals surface area contributed by atoms with Gasteiger partial charge in [-0.1, -0.05) is 18.2 Å². The summed E-state index contributed by atoms with van der Waals surface area (Å²) < 4.78 is 7.20. The minimum Gasteiger partial charge on any atom is -0.495 e. The van der Waals surface area contributed by atoms with Crippen molar-refractivity contribution in [1.29, 1.82) is 0 Å². The smallest absolute Gasteiger partial charge is 0.336 e. The second-order valence-electron chi connectivity index (χ2n) is 9.73. The molecule has 3 aromatic heterocycles. The molecule has 1 aliphatic heterocycles. The SMILES string of the molecule is COc1ccc(N2C(=O)N(c3c(C)cccc3C)Cc3cnc(Cc4cnn(CCN(C)C)c4)nc32)nc1. The summed E-state index contributed by atoms with van der Waals surface area (Å²) in [4.78, 5) is 33.6. The Balaban J connectivity index is 1.52. The molecule has 0 saturated heterocycles. The van der Waals surface area contributed by atoms with Crippen LogP contribution in [0.5, 0.6) is 5.75 Å². The number of aryl methyl sites for hydroxylation is 2. The first-order chi connectivity index (χ1) is 18.3. The van der Waals surface area contributed by atoms with Crippen molar-refractivity contribution in [3.05, 3.63) is 83.2 Å². The van der Waals surface area contributed by atoms with Gasteiger partial charge in [-0.2, -0.15) is 5.10 Å². The predicted octanol–water partition coefficient (Wildman–Crippen LogP) is 4.12. The first-order valence-electron chi connectivity index (χ1n) is 12.5. The van der Waals surface area contributed by atoms with Crippen LogP contribution in [0.4, 0.5) is 22.1 Å². The lowest BCUT2D eigenvalue weighted by molar-refractivity contribution is 0.252.